The molecule has 0 saturated carbocycles. The Labute approximate surface area is 124 Å². The van der Waals surface area contributed by atoms with Crippen LogP contribution in [0.2, 0.25) is 9.95 Å². The molecule has 0 saturated heterocycles. The minimum atomic E-state index is -3.13. The van der Waals surface area contributed by atoms with Crippen LogP contribution in [0.15, 0.2) is 22.1 Å². The molecule has 0 fully saturated rings. The summed E-state index contributed by atoms with van der Waals surface area (Å²) in [5, 5.41) is 11.6. The zero-order valence-electron chi connectivity index (χ0n) is 11.8. The molecule has 0 radical (unpaired) electrons. The summed E-state index contributed by atoms with van der Waals surface area (Å²) >= 11 is -3.13. The van der Waals surface area contributed by atoms with Crippen molar-refractivity contribution in [1.82, 2.24) is 3.80 Å². The van der Waals surface area contributed by atoms with Gasteiger partial charge < -0.3 is 0 Å². The average molecular weight is 332 g/mol. The van der Waals surface area contributed by atoms with Gasteiger partial charge in [-0.05, 0) is 0 Å². The van der Waals surface area contributed by atoms with E-state index in [0.29, 0.717) is 0 Å². The van der Waals surface area contributed by atoms with Crippen molar-refractivity contribution in [3.05, 3.63) is 22.1 Å². The summed E-state index contributed by atoms with van der Waals surface area (Å²) in [6, 6.07) is 0. The Kier molecular flexibility index (Phi) is 7.92. The van der Waals surface area contributed by atoms with Gasteiger partial charge in [0.05, 0.1) is 0 Å². The maximum absolute atomic E-state index is 9.34. The maximum atomic E-state index is 9.34. The molecule has 0 aromatic rings. The summed E-state index contributed by atoms with van der Waals surface area (Å²) in [5.74, 6) is 0. The van der Waals surface area contributed by atoms with Crippen LogP contribution in [0.1, 0.15) is 27.2 Å². The van der Waals surface area contributed by atoms with Gasteiger partial charge in [0, 0.05) is 0 Å². The number of aliphatic hydroxyl groups excluding tert-OH is 1. The first kappa shape index (κ1) is 20.9. The van der Waals surface area contributed by atoms with Crippen LogP contribution < -0.4 is 3.80 Å². The molecular weight excluding hydrogens is 305 g/mol. The second kappa shape index (κ2) is 6.83. The fourth-order valence-corrected chi connectivity index (χ4v) is 10.0. The summed E-state index contributed by atoms with van der Waals surface area (Å²) in [5.41, 5.74) is 0.0479. The van der Waals surface area contributed by atoms with Gasteiger partial charge in [-0.1, -0.05) is 0 Å². The summed E-state index contributed by atoms with van der Waals surface area (Å²) in [6.45, 7) is 6.73. The van der Waals surface area contributed by atoms with Crippen LogP contribution in [-0.2, 0) is 15.1 Å². The first-order chi connectivity index (χ1) is 7.16. The quantitative estimate of drug-likeness (QED) is 0.772. The van der Waals surface area contributed by atoms with Crippen molar-refractivity contribution in [3.63, 3.8) is 0 Å². The van der Waals surface area contributed by atoms with Gasteiger partial charge in [-0.3, -0.25) is 0 Å². The Morgan fingerprint density at radius 1 is 1.39 bits per heavy atom. The number of halogens is 2. The van der Waals surface area contributed by atoms with E-state index in [2.05, 4.69) is 52.8 Å². The second-order valence-electron chi connectivity index (χ2n) is 6.46. The van der Waals surface area contributed by atoms with Gasteiger partial charge in [0.2, 0.25) is 0 Å². The number of hydrogen-bond acceptors (Lipinski definition) is 2. The predicted octanol–water partition coefficient (Wildman–Crippen LogP) is 3.56. The SMILES string of the molecule is Cl.Cl.[CH2]=[Ti]([CH3])([CH2]CO)([NH]C(C)(C)C)[C]1=CC=CC1. The van der Waals surface area contributed by atoms with E-state index in [-0.39, 0.29) is 37.0 Å². The molecule has 0 amide bonds. The fraction of sp³-hybridized carbons (Fsp3) is 0.615. The normalized spacial score (nSPS) is 15.8. The summed E-state index contributed by atoms with van der Waals surface area (Å²) in [7, 11) is 0. The third-order valence-corrected chi connectivity index (χ3v) is 11.5. The van der Waals surface area contributed by atoms with Crippen molar-refractivity contribution in [2.75, 3.05) is 6.61 Å². The van der Waals surface area contributed by atoms with E-state index < -0.39 is 15.1 Å². The summed E-state index contributed by atoms with van der Waals surface area (Å²) in [6.07, 6.45) is 7.47. The van der Waals surface area contributed by atoms with E-state index in [4.69, 9.17) is 0 Å². The Morgan fingerprint density at radius 2 is 1.94 bits per heavy atom. The monoisotopic (exact) mass is 331 g/mol. The molecule has 1 rings (SSSR count). The number of aliphatic hydroxyl groups is 1. The van der Waals surface area contributed by atoms with E-state index in [1.54, 1.807) is 0 Å². The topological polar surface area (TPSA) is 32.3 Å². The van der Waals surface area contributed by atoms with E-state index in [9.17, 15) is 5.11 Å². The van der Waals surface area contributed by atoms with E-state index >= 15 is 0 Å². The Hall–Kier alpha value is 0.564. The zero-order valence-corrected chi connectivity index (χ0v) is 15.0. The molecule has 0 aromatic heterocycles. The van der Waals surface area contributed by atoms with Gasteiger partial charge in [0.15, 0.2) is 0 Å². The van der Waals surface area contributed by atoms with Crippen LogP contribution in [0.3, 0.4) is 0 Å². The molecule has 0 heterocycles. The molecule has 1 aliphatic carbocycles. The van der Waals surface area contributed by atoms with Crippen LogP contribution >= 0.6 is 24.8 Å². The first-order valence-electron chi connectivity index (χ1n) is 5.99. The van der Waals surface area contributed by atoms with Gasteiger partial charge >= 0.3 is 100 Å². The summed E-state index contributed by atoms with van der Waals surface area (Å²) < 4.78 is 6.00. The molecule has 108 valence electrons. The van der Waals surface area contributed by atoms with Crippen molar-refractivity contribution >= 4 is 29.6 Å². The molecule has 18 heavy (non-hydrogen) atoms. The van der Waals surface area contributed by atoms with Gasteiger partial charge in [-0.2, -0.15) is 0 Å². The van der Waals surface area contributed by atoms with Crippen molar-refractivity contribution < 1.29 is 20.2 Å². The van der Waals surface area contributed by atoms with Gasteiger partial charge in [-0.25, -0.2) is 0 Å². The molecule has 0 atom stereocenters. The number of rotatable bonds is 4. The molecule has 0 aromatic carbocycles. The van der Waals surface area contributed by atoms with E-state index in [1.165, 1.54) is 3.88 Å². The molecule has 2 N–H and O–H groups in total. The third kappa shape index (κ3) is 5.28. The molecule has 0 spiro atoms. The number of allylic oxidation sites excluding steroid dienone is 4. The van der Waals surface area contributed by atoms with E-state index in [0.717, 1.165) is 11.1 Å². The van der Waals surface area contributed by atoms with Crippen LogP contribution in [0.4, 0.5) is 0 Å². The van der Waals surface area contributed by atoms with Crippen LogP contribution in [0.5, 0.6) is 0 Å². The molecule has 5 heteroatoms. The summed E-state index contributed by atoms with van der Waals surface area (Å²) in [4.78, 5) is 4.57. The third-order valence-electron chi connectivity index (χ3n) is 3.23. The fourth-order valence-electron chi connectivity index (χ4n) is 2.69. The van der Waals surface area contributed by atoms with Crippen molar-refractivity contribution in [2.45, 2.75) is 42.7 Å². The van der Waals surface area contributed by atoms with Crippen molar-refractivity contribution in [2.24, 2.45) is 0 Å². The first-order valence-corrected chi connectivity index (χ1v) is 11.3. The number of nitrogens with one attached hydrogen (secondary N) is 1. The van der Waals surface area contributed by atoms with Crippen LogP contribution in [0.25, 0.3) is 0 Å². The Balaban J connectivity index is 0. The van der Waals surface area contributed by atoms with Crippen molar-refractivity contribution in [3.8, 4) is 0 Å². The zero-order chi connectivity index (χ0) is 12.5. The van der Waals surface area contributed by atoms with Crippen LogP contribution in [0, 0.1) is 0 Å². The van der Waals surface area contributed by atoms with E-state index in [1.807, 2.05) is 0 Å². The van der Waals surface area contributed by atoms with Crippen LogP contribution in [-0.4, -0.2) is 22.1 Å². The molecule has 0 aliphatic heterocycles. The molecule has 1 aliphatic rings. The average Bonchev–Trinajstić information content (AvgIpc) is 2.50. The minimum absolute atomic E-state index is 0. The molecule has 0 bridgehead atoms. The number of hydrogen-bond donors (Lipinski definition) is 2. The second-order valence-corrected chi connectivity index (χ2v) is 15.8. The molecule has 0 unspecified atom stereocenters. The van der Waals surface area contributed by atoms with Crippen molar-refractivity contribution in [1.29, 1.82) is 0 Å². The molecule has 2 nitrogen and oxygen atoms in total. The predicted molar refractivity (Wildman–Crippen MR) is 84.1 cm³/mol. The Morgan fingerprint density at radius 3 is 2.28 bits per heavy atom. The van der Waals surface area contributed by atoms with Gasteiger partial charge in [0.1, 0.15) is 0 Å². The van der Waals surface area contributed by atoms with Gasteiger partial charge in [-0.15, -0.1) is 24.8 Å². The standard InChI is InChI=1S/C5H5.C4H10N.C2H5O.CH3.CH2.2ClH.Ti/c1-2-4-5-3-1;1-4(2,3)5;1-2-3;;;;;/h1-3H,4H2;5H,1-3H3;3H,1-2H2;1H3;1H2;2*1H;/q;-1;;;;;;+1. The molecular formula is C13H27Cl2NOTi. The van der Waals surface area contributed by atoms with Gasteiger partial charge in [0.25, 0.3) is 0 Å². The Bertz CT molecular complexity index is 396.